The first-order chi connectivity index (χ1) is 9.63. The van der Waals surface area contributed by atoms with Crippen molar-refractivity contribution in [2.45, 2.75) is 13.5 Å². The van der Waals surface area contributed by atoms with Gasteiger partial charge in [0.2, 0.25) is 0 Å². The largest absolute Gasteiger partial charge is 0.483 e. The quantitative estimate of drug-likeness (QED) is 0.743. The Bertz CT molecular complexity index is 737. The molecule has 5 heteroatoms. The molecule has 0 spiro atoms. The first kappa shape index (κ1) is 12.9. The van der Waals surface area contributed by atoms with Crippen molar-refractivity contribution in [3.63, 3.8) is 0 Å². The van der Waals surface area contributed by atoms with E-state index >= 15 is 0 Å². The summed E-state index contributed by atoms with van der Waals surface area (Å²) in [6, 6.07) is 10.7. The molecule has 2 N–H and O–H groups in total. The molecular weight excluding hydrogens is 275 g/mol. The minimum Gasteiger partial charge on any atom is -0.483 e. The lowest BCUT2D eigenvalue weighted by atomic mass is 10.2. The van der Waals surface area contributed by atoms with E-state index in [-0.39, 0.29) is 12.4 Å². The van der Waals surface area contributed by atoms with Crippen LogP contribution in [0.5, 0.6) is 5.75 Å². The number of nitrogen functional groups attached to an aromatic ring is 1. The Balaban J connectivity index is 1.81. The zero-order chi connectivity index (χ0) is 14.1. The topological polar surface area (TPSA) is 48.1 Å². The van der Waals surface area contributed by atoms with Gasteiger partial charge in [0.05, 0.1) is 10.2 Å². The second-order valence-electron chi connectivity index (χ2n) is 4.50. The summed E-state index contributed by atoms with van der Waals surface area (Å²) in [4.78, 5) is 4.44. The number of nitrogens with zero attached hydrogens (tertiary/aromatic N) is 1. The standard InChI is InChI=1S/C15H13FN2OS/c1-9-6-13(10(16)7-11(9)17)19-8-15-18-12-4-2-3-5-14(12)20-15/h2-7H,8,17H2,1H3. The molecule has 0 aliphatic rings. The zero-order valence-corrected chi connectivity index (χ0v) is 11.7. The van der Waals surface area contributed by atoms with Crippen molar-refractivity contribution >= 4 is 27.2 Å². The molecule has 0 saturated carbocycles. The molecule has 3 aromatic rings. The number of hydrogen-bond acceptors (Lipinski definition) is 4. The van der Waals surface area contributed by atoms with Gasteiger partial charge >= 0.3 is 0 Å². The number of halogens is 1. The van der Waals surface area contributed by atoms with Gasteiger partial charge in [-0.05, 0) is 30.7 Å². The van der Waals surface area contributed by atoms with Crippen molar-refractivity contribution < 1.29 is 9.13 Å². The molecule has 0 amide bonds. The van der Waals surface area contributed by atoms with Crippen LogP contribution in [0.3, 0.4) is 0 Å². The highest BCUT2D eigenvalue weighted by Crippen LogP contribution is 2.26. The minimum absolute atomic E-state index is 0.205. The smallest absolute Gasteiger partial charge is 0.167 e. The predicted octanol–water partition coefficient (Wildman–Crippen LogP) is 3.91. The van der Waals surface area contributed by atoms with Crippen LogP contribution in [0.1, 0.15) is 10.6 Å². The van der Waals surface area contributed by atoms with Crippen LogP contribution in [0.25, 0.3) is 10.2 Å². The molecule has 0 fully saturated rings. The number of aromatic nitrogens is 1. The molecule has 0 aliphatic heterocycles. The molecule has 0 unspecified atom stereocenters. The molecular formula is C15H13FN2OS. The maximum Gasteiger partial charge on any atom is 0.167 e. The molecule has 1 aromatic heterocycles. The number of thiazole rings is 1. The highest BCUT2D eigenvalue weighted by atomic mass is 32.1. The van der Waals surface area contributed by atoms with Crippen LogP contribution >= 0.6 is 11.3 Å². The fraction of sp³-hybridized carbons (Fsp3) is 0.133. The molecule has 102 valence electrons. The first-order valence-corrected chi connectivity index (χ1v) is 6.98. The molecule has 0 bridgehead atoms. The number of ether oxygens (including phenoxy) is 1. The summed E-state index contributed by atoms with van der Waals surface area (Å²) in [6.07, 6.45) is 0. The highest BCUT2D eigenvalue weighted by molar-refractivity contribution is 7.18. The molecule has 1 heterocycles. The van der Waals surface area contributed by atoms with Gasteiger partial charge in [-0.3, -0.25) is 0 Å². The third kappa shape index (κ3) is 2.44. The maximum absolute atomic E-state index is 13.7. The van der Waals surface area contributed by atoms with E-state index in [1.807, 2.05) is 31.2 Å². The lowest BCUT2D eigenvalue weighted by molar-refractivity contribution is 0.290. The average Bonchev–Trinajstić information content (AvgIpc) is 2.84. The molecule has 0 atom stereocenters. The van der Waals surface area contributed by atoms with Gasteiger partial charge < -0.3 is 10.5 Å². The number of anilines is 1. The number of fused-ring (bicyclic) bond motifs is 1. The lowest BCUT2D eigenvalue weighted by Gasteiger charge is -2.08. The van der Waals surface area contributed by atoms with Crippen molar-refractivity contribution in [1.82, 2.24) is 4.98 Å². The number of para-hydroxylation sites is 1. The Morgan fingerprint density at radius 3 is 2.90 bits per heavy atom. The van der Waals surface area contributed by atoms with Gasteiger partial charge in [0.1, 0.15) is 11.6 Å². The van der Waals surface area contributed by atoms with Gasteiger partial charge in [-0.15, -0.1) is 11.3 Å². The molecule has 3 nitrogen and oxygen atoms in total. The van der Waals surface area contributed by atoms with Gasteiger partial charge in [0.15, 0.2) is 11.6 Å². The number of rotatable bonds is 3. The van der Waals surface area contributed by atoms with Crippen molar-refractivity contribution in [3.8, 4) is 5.75 Å². The summed E-state index contributed by atoms with van der Waals surface area (Å²) < 4.78 is 20.3. The lowest BCUT2D eigenvalue weighted by Crippen LogP contribution is -1.99. The fourth-order valence-corrected chi connectivity index (χ4v) is 2.78. The van der Waals surface area contributed by atoms with E-state index in [1.165, 1.54) is 6.07 Å². The van der Waals surface area contributed by atoms with Crippen molar-refractivity contribution in [2.24, 2.45) is 0 Å². The van der Waals surface area contributed by atoms with Crippen LogP contribution in [0.4, 0.5) is 10.1 Å². The minimum atomic E-state index is -0.450. The van der Waals surface area contributed by atoms with E-state index in [9.17, 15) is 4.39 Å². The van der Waals surface area contributed by atoms with E-state index < -0.39 is 5.82 Å². The van der Waals surface area contributed by atoms with Crippen LogP contribution in [-0.4, -0.2) is 4.98 Å². The highest BCUT2D eigenvalue weighted by Gasteiger charge is 2.09. The third-order valence-corrected chi connectivity index (χ3v) is 4.02. The summed E-state index contributed by atoms with van der Waals surface area (Å²) in [5, 5.41) is 0.820. The second kappa shape index (κ2) is 5.09. The monoisotopic (exact) mass is 288 g/mol. The number of nitrogens with two attached hydrogens (primary N) is 1. The second-order valence-corrected chi connectivity index (χ2v) is 5.62. The number of hydrogen-bond donors (Lipinski definition) is 1. The Kier molecular flexibility index (Phi) is 3.28. The summed E-state index contributed by atoms with van der Waals surface area (Å²) >= 11 is 1.55. The molecule has 0 radical (unpaired) electrons. The maximum atomic E-state index is 13.7. The fourth-order valence-electron chi connectivity index (χ4n) is 1.90. The van der Waals surface area contributed by atoms with E-state index in [2.05, 4.69) is 4.98 Å². The van der Waals surface area contributed by atoms with Crippen molar-refractivity contribution in [1.29, 1.82) is 0 Å². The Labute approximate surface area is 119 Å². The summed E-state index contributed by atoms with van der Waals surface area (Å²) in [5.41, 5.74) is 7.80. The van der Waals surface area contributed by atoms with Crippen molar-refractivity contribution in [2.75, 3.05) is 5.73 Å². The van der Waals surface area contributed by atoms with Crippen LogP contribution in [0.15, 0.2) is 36.4 Å². The van der Waals surface area contributed by atoms with Gasteiger partial charge in [0.25, 0.3) is 0 Å². The Hall–Kier alpha value is -2.14. The Morgan fingerprint density at radius 1 is 1.30 bits per heavy atom. The molecule has 2 aromatic carbocycles. The van der Waals surface area contributed by atoms with E-state index in [0.717, 1.165) is 20.8 Å². The predicted molar refractivity (Wildman–Crippen MR) is 79.5 cm³/mol. The van der Waals surface area contributed by atoms with Crippen LogP contribution in [-0.2, 0) is 6.61 Å². The average molecular weight is 288 g/mol. The van der Waals surface area contributed by atoms with Gasteiger partial charge in [-0.25, -0.2) is 9.37 Å². The molecule has 0 saturated heterocycles. The van der Waals surface area contributed by atoms with E-state index in [0.29, 0.717) is 5.69 Å². The summed E-state index contributed by atoms with van der Waals surface area (Å²) in [5.74, 6) is -0.245. The number of benzene rings is 2. The van der Waals surface area contributed by atoms with Crippen LogP contribution in [0.2, 0.25) is 0 Å². The summed E-state index contributed by atoms with van der Waals surface area (Å²) in [6.45, 7) is 2.07. The zero-order valence-electron chi connectivity index (χ0n) is 10.9. The molecule has 20 heavy (non-hydrogen) atoms. The first-order valence-electron chi connectivity index (χ1n) is 6.16. The van der Waals surface area contributed by atoms with Crippen LogP contribution in [0, 0.1) is 12.7 Å². The third-order valence-electron chi connectivity index (χ3n) is 3.01. The van der Waals surface area contributed by atoms with Gasteiger partial charge in [-0.1, -0.05) is 12.1 Å². The van der Waals surface area contributed by atoms with Crippen LogP contribution < -0.4 is 10.5 Å². The Morgan fingerprint density at radius 2 is 2.10 bits per heavy atom. The number of aryl methyl sites for hydroxylation is 1. The van der Waals surface area contributed by atoms with Gasteiger partial charge in [0, 0.05) is 11.8 Å². The van der Waals surface area contributed by atoms with Crippen molar-refractivity contribution in [3.05, 3.63) is 52.8 Å². The van der Waals surface area contributed by atoms with E-state index in [1.54, 1.807) is 17.4 Å². The van der Waals surface area contributed by atoms with Gasteiger partial charge in [-0.2, -0.15) is 0 Å². The molecule has 0 aliphatic carbocycles. The molecule has 3 rings (SSSR count). The summed E-state index contributed by atoms with van der Waals surface area (Å²) in [7, 11) is 0. The van der Waals surface area contributed by atoms with E-state index in [4.69, 9.17) is 10.5 Å². The normalized spacial score (nSPS) is 10.9. The SMILES string of the molecule is Cc1cc(OCc2nc3ccccc3s2)c(F)cc1N.